The fraction of sp³-hybridized carbons (Fsp3) is 0.706. The first-order chi connectivity index (χ1) is 11.3. The molecule has 126 valence electrons. The maximum atomic E-state index is 7.80. The standard InChI is InChI=1S/C17H28N6/c1-22-8-10-23(11-9-22)17-15(12-18)16(20-13-21-17)19-7-6-14-4-2-3-5-14/h12-14,18H,2-11H2,1H3,(H,19,20,21). The van der Waals surface area contributed by atoms with Gasteiger partial charge in [-0.15, -0.1) is 0 Å². The van der Waals surface area contributed by atoms with E-state index in [1.165, 1.54) is 38.3 Å². The minimum absolute atomic E-state index is 0.807. The average molecular weight is 316 g/mol. The van der Waals surface area contributed by atoms with Crippen LogP contribution in [0.1, 0.15) is 37.7 Å². The molecule has 1 aromatic rings. The molecule has 0 unspecified atom stereocenters. The number of hydrogen-bond donors (Lipinski definition) is 2. The van der Waals surface area contributed by atoms with Crippen molar-refractivity contribution in [2.24, 2.45) is 5.92 Å². The second kappa shape index (κ2) is 7.73. The molecule has 0 radical (unpaired) electrons. The van der Waals surface area contributed by atoms with Crippen molar-refractivity contribution in [2.45, 2.75) is 32.1 Å². The highest BCUT2D eigenvalue weighted by atomic mass is 15.3. The number of aromatic nitrogens is 2. The average Bonchev–Trinajstić information content (AvgIpc) is 3.09. The molecule has 2 N–H and O–H groups in total. The SMILES string of the molecule is CN1CCN(c2ncnc(NCCC3CCCC3)c2C=N)CC1. The van der Waals surface area contributed by atoms with E-state index in [0.717, 1.165) is 55.8 Å². The summed E-state index contributed by atoms with van der Waals surface area (Å²) < 4.78 is 0. The molecule has 6 heteroatoms. The number of nitrogens with zero attached hydrogens (tertiary/aromatic N) is 4. The second-order valence-electron chi connectivity index (χ2n) is 6.76. The number of likely N-dealkylation sites (N-methyl/N-ethyl adjacent to an activating group) is 1. The molecule has 2 heterocycles. The van der Waals surface area contributed by atoms with Crippen LogP contribution in [-0.4, -0.2) is 60.9 Å². The van der Waals surface area contributed by atoms with Crippen molar-refractivity contribution in [2.75, 3.05) is 50.0 Å². The Kier molecular flexibility index (Phi) is 5.43. The maximum Gasteiger partial charge on any atom is 0.143 e. The minimum Gasteiger partial charge on any atom is -0.369 e. The quantitative estimate of drug-likeness (QED) is 0.788. The van der Waals surface area contributed by atoms with Gasteiger partial charge in [0.15, 0.2) is 0 Å². The Labute approximate surface area is 138 Å². The van der Waals surface area contributed by atoms with Gasteiger partial charge in [0.1, 0.15) is 18.0 Å². The fourth-order valence-electron chi connectivity index (χ4n) is 3.62. The van der Waals surface area contributed by atoms with Gasteiger partial charge in [-0.25, -0.2) is 9.97 Å². The summed E-state index contributed by atoms with van der Waals surface area (Å²) in [6.07, 6.45) is 9.73. The van der Waals surface area contributed by atoms with Crippen LogP contribution in [0.25, 0.3) is 0 Å². The summed E-state index contributed by atoms with van der Waals surface area (Å²) in [5.41, 5.74) is 0.823. The molecule has 1 saturated carbocycles. The number of nitrogens with one attached hydrogen (secondary N) is 2. The van der Waals surface area contributed by atoms with Crippen LogP contribution in [0.2, 0.25) is 0 Å². The molecule has 23 heavy (non-hydrogen) atoms. The molecular weight excluding hydrogens is 288 g/mol. The van der Waals surface area contributed by atoms with Gasteiger partial charge in [-0.2, -0.15) is 0 Å². The van der Waals surface area contributed by atoms with E-state index in [2.05, 4.69) is 32.1 Å². The topological polar surface area (TPSA) is 68.1 Å². The molecule has 0 amide bonds. The van der Waals surface area contributed by atoms with E-state index in [-0.39, 0.29) is 0 Å². The van der Waals surface area contributed by atoms with Crippen molar-refractivity contribution >= 4 is 17.9 Å². The molecule has 2 fully saturated rings. The van der Waals surface area contributed by atoms with Gasteiger partial charge in [0.2, 0.25) is 0 Å². The van der Waals surface area contributed by atoms with Crippen molar-refractivity contribution in [3.05, 3.63) is 11.9 Å². The lowest BCUT2D eigenvalue weighted by Crippen LogP contribution is -2.45. The molecule has 1 saturated heterocycles. The Morgan fingerprint density at radius 2 is 1.96 bits per heavy atom. The molecule has 1 aliphatic carbocycles. The molecule has 3 rings (SSSR count). The lowest BCUT2D eigenvalue weighted by atomic mass is 10.0. The molecule has 0 bridgehead atoms. The lowest BCUT2D eigenvalue weighted by molar-refractivity contribution is 0.312. The van der Waals surface area contributed by atoms with Crippen LogP contribution in [0.5, 0.6) is 0 Å². The van der Waals surface area contributed by atoms with Crippen molar-refractivity contribution in [3.63, 3.8) is 0 Å². The zero-order valence-electron chi connectivity index (χ0n) is 14.1. The number of rotatable bonds is 6. The Morgan fingerprint density at radius 3 is 2.65 bits per heavy atom. The summed E-state index contributed by atoms with van der Waals surface area (Å²) in [5.74, 6) is 2.57. The molecule has 0 atom stereocenters. The van der Waals surface area contributed by atoms with Crippen LogP contribution in [0.4, 0.5) is 11.6 Å². The van der Waals surface area contributed by atoms with E-state index >= 15 is 0 Å². The van der Waals surface area contributed by atoms with E-state index in [4.69, 9.17) is 5.41 Å². The van der Waals surface area contributed by atoms with Crippen LogP contribution < -0.4 is 10.2 Å². The zero-order valence-corrected chi connectivity index (χ0v) is 14.1. The highest BCUT2D eigenvalue weighted by Crippen LogP contribution is 2.28. The Balaban J connectivity index is 1.65. The summed E-state index contributed by atoms with van der Waals surface area (Å²) >= 11 is 0. The van der Waals surface area contributed by atoms with Gasteiger partial charge in [-0.05, 0) is 19.4 Å². The third kappa shape index (κ3) is 3.99. The molecule has 1 aromatic heterocycles. The Morgan fingerprint density at radius 1 is 1.22 bits per heavy atom. The van der Waals surface area contributed by atoms with E-state index in [0.29, 0.717) is 0 Å². The third-order valence-electron chi connectivity index (χ3n) is 5.13. The highest BCUT2D eigenvalue weighted by molar-refractivity contribution is 5.90. The molecule has 2 aliphatic rings. The Hall–Kier alpha value is -1.69. The normalized spacial score (nSPS) is 20.0. The smallest absolute Gasteiger partial charge is 0.143 e. The van der Waals surface area contributed by atoms with Crippen LogP contribution in [0.3, 0.4) is 0 Å². The van der Waals surface area contributed by atoms with E-state index in [1.807, 2.05) is 0 Å². The van der Waals surface area contributed by atoms with Crippen LogP contribution in [0.15, 0.2) is 6.33 Å². The van der Waals surface area contributed by atoms with Crippen LogP contribution in [-0.2, 0) is 0 Å². The number of piperazine rings is 1. The van der Waals surface area contributed by atoms with Gasteiger partial charge in [-0.1, -0.05) is 25.7 Å². The first-order valence-corrected chi connectivity index (χ1v) is 8.80. The molecule has 0 aromatic carbocycles. The summed E-state index contributed by atoms with van der Waals surface area (Å²) in [6.45, 7) is 4.91. The van der Waals surface area contributed by atoms with Crippen molar-refractivity contribution in [1.29, 1.82) is 5.41 Å². The summed E-state index contributed by atoms with van der Waals surface area (Å²) in [6, 6.07) is 0. The van der Waals surface area contributed by atoms with Gasteiger partial charge >= 0.3 is 0 Å². The largest absolute Gasteiger partial charge is 0.369 e. The van der Waals surface area contributed by atoms with Crippen molar-refractivity contribution in [1.82, 2.24) is 14.9 Å². The van der Waals surface area contributed by atoms with Crippen molar-refractivity contribution < 1.29 is 0 Å². The minimum atomic E-state index is 0.807. The predicted octanol–water partition coefficient (Wildman–Crippen LogP) is 2.22. The number of hydrogen-bond acceptors (Lipinski definition) is 6. The van der Waals surface area contributed by atoms with Crippen LogP contribution in [0, 0.1) is 11.3 Å². The van der Waals surface area contributed by atoms with Gasteiger partial charge in [0.05, 0.1) is 5.56 Å². The zero-order chi connectivity index (χ0) is 16.1. The Bertz CT molecular complexity index is 518. The summed E-state index contributed by atoms with van der Waals surface area (Å²) in [4.78, 5) is 13.4. The van der Waals surface area contributed by atoms with Crippen molar-refractivity contribution in [3.8, 4) is 0 Å². The van der Waals surface area contributed by atoms with Gasteiger partial charge < -0.3 is 20.5 Å². The van der Waals surface area contributed by atoms with Gasteiger partial charge in [0.25, 0.3) is 0 Å². The molecule has 0 spiro atoms. The first kappa shape index (κ1) is 16.2. The summed E-state index contributed by atoms with van der Waals surface area (Å²) in [7, 11) is 2.14. The second-order valence-corrected chi connectivity index (χ2v) is 6.76. The summed E-state index contributed by atoms with van der Waals surface area (Å²) in [5, 5.41) is 11.2. The third-order valence-corrected chi connectivity index (χ3v) is 5.13. The highest BCUT2D eigenvalue weighted by Gasteiger charge is 2.20. The predicted molar refractivity (Wildman–Crippen MR) is 94.7 cm³/mol. The molecular formula is C17H28N6. The van der Waals surface area contributed by atoms with Crippen LogP contribution >= 0.6 is 0 Å². The lowest BCUT2D eigenvalue weighted by Gasteiger charge is -2.34. The van der Waals surface area contributed by atoms with Gasteiger partial charge in [-0.3, -0.25) is 0 Å². The molecule has 1 aliphatic heterocycles. The molecule has 6 nitrogen and oxygen atoms in total. The van der Waals surface area contributed by atoms with Gasteiger partial charge in [0, 0.05) is 38.9 Å². The maximum absolute atomic E-state index is 7.80. The van der Waals surface area contributed by atoms with E-state index < -0.39 is 0 Å². The van der Waals surface area contributed by atoms with E-state index in [1.54, 1.807) is 6.33 Å². The first-order valence-electron chi connectivity index (χ1n) is 8.80. The number of anilines is 2. The fourth-order valence-corrected chi connectivity index (χ4v) is 3.62. The van der Waals surface area contributed by atoms with E-state index in [9.17, 15) is 0 Å². The monoisotopic (exact) mass is 316 g/mol.